The Balaban J connectivity index is 1.21. The molecule has 1 aliphatic carbocycles. The summed E-state index contributed by atoms with van der Waals surface area (Å²) < 4.78 is 5.59. The number of nitrogens with zero attached hydrogens (tertiary/aromatic N) is 2. The average Bonchev–Trinajstić information content (AvgIpc) is 3.67. The highest BCUT2D eigenvalue weighted by molar-refractivity contribution is 8.17. The van der Waals surface area contributed by atoms with E-state index in [-0.39, 0.29) is 34.7 Å². The number of rotatable bonds is 6. The lowest BCUT2D eigenvalue weighted by Gasteiger charge is -2.27. The molecule has 2 amide bonds. The molecule has 0 spiro atoms. The zero-order valence-electron chi connectivity index (χ0n) is 20.9. The zero-order valence-corrected chi connectivity index (χ0v) is 21.8. The fourth-order valence-electron chi connectivity index (χ4n) is 5.70. The number of fused-ring (bicyclic) bond motifs is 3. The van der Waals surface area contributed by atoms with Crippen molar-refractivity contribution in [1.82, 2.24) is 10.2 Å². The molecule has 5 rings (SSSR count). The van der Waals surface area contributed by atoms with Crippen LogP contribution in [0, 0.1) is 11.3 Å². The van der Waals surface area contributed by atoms with Gasteiger partial charge in [-0.15, -0.1) is 0 Å². The number of carbonyl (C=O) groups excluding carboxylic acids is 3. The number of carbonyl (C=O) groups is 3. The maximum Gasteiger partial charge on any atom is 0.407 e. The number of nitriles is 1. The summed E-state index contributed by atoms with van der Waals surface area (Å²) in [6.07, 6.45) is 2.66. The summed E-state index contributed by atoms with van der Waals surface area (Å²) in [5.41, 5.74) is 4.53. The van der Waals surface area contributed by atoms with Crippen molar-refractivity contribution in [3.05, 3.63) is 59.7 Å². The van der Waals surface area contributed by atoms with E-state index >= 15 is 0 Å². The number of ether oxygens (including phenoxy) is 1. The van der Waals surface area contributed by atoms with Crippen LogP contribution in [-0.2, 0) is 14.3 Å². The van der Waals surface area contributed by atoms with Crippen molar-refractivity contribution < 1.29 is 19.1 Å². The van der Waals surface area contributed by atoms with E-state index in [0.29, 0.717) is 24.3 Å². The van der Waals surface area contributed by atoms with E-state index in [1.54, 1.807) is 6.92 Å². The molecule has 2 aromatic rings. The van der Waals surface area contributed by atoms with Gasteiger partial charge in [-0.2, -0.15) is 15.7 Å². The smallest absolute Gasteiger partial charge is 0.407 e. The van der Waals surface area contributed by atoms with Crippen molar-refractivity contribution in [2.45, 2.75) is 50.6 Å². The Morgan fingerprint density at radius 3 is 2.30 bits per heavy atom. The molecular weight excluding hydrogens is 486 g/mol. The molecule has 0 bridgehead atoms. The number of benzene rings is 2. The molecule has 0 saturated carbocycles. The Hall–Kier alpha value is -3.44. The quantitative estimate of drug-likeness (QED) is 0.578. The molecule has 0 aromatic heterocycles. The van der Waals surface area contributed by atoms with E-state index in [2.05, 4.69) is 35.7 Å². The minimum absolute atomic E-state index is 0.0684. The van der Waals surface area contributed by atoms with Gasteiger partial charge < -0.3 is 15.0 Å². The van der Waals surface area contributed by atoms with Gasteiger partial charge in [-0.3, -0.25) is 9.59 Å². The van der Waals surface area contributed by atoms with Crippen molar-refractivity contribution in [3.63, 3.8) is 0 Å². The summed E-state index contributed by atoms with van der Waals surface area (Å²) in [5.74, 6) is 1.16. The van der Waals surface area contributed by atoms with Gasteiger partial charge in [0.05, 0.1) is 6.04 Å². The SMILES string of the molecule is CC(NC(=O)OCC1c2ccccc2-c2ccccc21)C(=O)N1CCC[C@H]1C(=O)C(C#N)=S1CCCC1. The molecule has 2 fully saturated rings. The Morgan fingerprint density at radius 1 is 1.05 bits per heavy atom. The molecule has 1 N–H and O–H groups in total. The van der Waals surface area contributed by atoms with E-state index < -0.39 is 18.2 Å². The molecule has 0 radical (unpaired) electrons. The van der Waals surface area contributed by atoms with Gasteiger partial charge in [0.25, 0.3) is 0 Å². The van der Waals surface area contributed by atoms with Crippen LogP contribution in [0.15, 0.2) is 48.5 Å². The number of likely N-dealkylation sites (tertiary alicyclic amines) is 1. The van der Waals surface area contributed by atoms with Crippen LogP contribution in [0.25, 0.3) is 11.1 Å². The van der Waals surface area contributed by atoms with Crippen LogP contribution in [0.1, 0.15) is 49.7 Å². The van der Waals surface area contributed by atoms with E-state index in [0.717, 1.165) is 46.6 Å². The summed E-state index contributed by atoms with van der Waals surface area (Å²) in [5, 5.41) is 12.3. The second kappa shape index (κ2) is 10.9. The third-order valence-corrected chi connectivity index (χ3v) is 9.97. The first-order chi connectivity index (χ1) is 18.0. The fraction of sp³-hybridized carbons (Fsp3) is 0.414. The molecule has 8 heteroatoms. The van der Waals surface area contributed by atoms with E-state index in [1.165, 1.54) is 4.90 Å². The van der Waals surface area contributed by atoms with Gasteiger partial charge in [-0.1, -0.05) is 48.5 Å². The molecule has 192 valence electrons. The van der Waals surface area contributed by atoms with Crippen molar-refractivity contribution in [2.75, 3.05) is 24.7 Å². The van der Waals surface area contributed by atoms with Crippen LogP contribution in [-0.4, -0.2) is 64.3 Å². The lowest BCUT2D eigenvalue weighted by Crippen LogP contribution is -2.51. The molecule has 3 aliphatic rings. The van der Waals surface area contributed by atoms with Crippen molar-refractivity contribution in [2.24, 2.45) is 0 Å². The van der Waals surface area contributed by atoms with Crippen LogP contribution in [0.4, 0.5) is 4.79 Å². The largest absolute Gasteiger partial charge is 0.449 e. The third-order valence-electron chi connectivity index (χ3n) is 7.53. The third kappa shape index (κ3) is 4.93. The van der Waals surface area contributed by atoms with Gasteiger partial charge in [-0.25, -0.2) is 4.79 Å². The van der Waals surface area contributed by atoms with Gasteiger partial charge in [0.1, 0.15) is 23.6 Å². The van der Waals surface area contributed by atoms with Crippen LogP contribution >= 0.6 is 10.5 Å². The molecule has 37 heavy (non-hydrogen) atoms. The molecule has 2 aromatic carbocycles. The Bertz CT molecular complexity index is 1260. The van der Waals surface area contributed by atoms with Crippen molar-refractivity contribution in [1.29, 1.82) is 5.26 Å². The highest BCUT2D eigenvalue weighted by atomic mass is 32.2. The van der Waals surface area contributed by atoms with Crippen LogP contribution in [0.3, 0.4) is 0 Å². The number of nitrogens with one attached hydrogen (secondary N) is 1. The summed E-state index contributed by atoms with van der Waals surface area (Å²) in [7, 11) is -0.297. The highest BCUT2D eigenvalue weighted by Crippen LogP contribution is 2.44. The minimum Gasteiger partial charge on any atom is -0.449 e. The predicted molar refractivity (Wildman–Crippen MR) is 145 cm³/mol. The Labute approximate surface area is 219 Å². The van der Waals surface area contributed by atoms with Crippen molar-refractivity contribution in [3.8, 4) is 17.2 Å². The van der Waals surface area contributed by atoms with E-state index in [9.17, 15) is 19.6 Å². The Morgan fingerprint density at radius 2 is 1.68 bits per heavy atom. The Kier molecular flexibility index (Phi) is 7.43. The van der Waals surface area contributed by atoms with Gasteiger partial charge in [0, 0.05) is 12.5 Å². The molecule has 2 atom stereocenters. The van der Waals surface area contributed by atoms with E-state index in [4.69, 9.17) is 4.74 Å². The molecule has 2 aliphatic heterocycles. The van der Waals surface area contributed by atoms with Gasteiger partial charge in [0.2, 0.25) is 11.7 Å². The first-order valence-corrected chi connectivity index (χ1v) is 14.5. The lowest BCUT2D eigenvalue weighted by atomic mass is 9.98. The predicted octanol–water partition coefficient (Wildman–Crippen LogP) is 4.23. The second-order valence-corrected chi connectivity index (χ2v) is 12.0. The fourth-order valence-corrected chi connectivity index (χ4v) is 7.97. The number of alkyl carbamates (subject to hydrolysis) is 1. The summed E-state index contributed by atoms with van der Waals surface area (Å²) >= 11 is 0. The maximum absolute atomic E-state index is 13.2. The maximum atomic E-state index is 13.2. The van der Waals surface area contributed by atoms with Gasteiger partial charge in [-0.05, 0) is 66.4 Å². The van der Waals surface area contributed by atoms with Gasteiger partial charge >= 0.3 is 6.09 Å². The summed E-state index contributed by atoms with van der Waals surface area (Å²) in [6, 6.07) is 16.9. The molecule has 7 nitrogen and oxygen atoms in total. The molecule has 1 unspecified atom stereocenters. The second-order valence-electron chi connectivity index (χ2n) is 9.79. The monoisotopic (exact) mass is 517 g/mol. The lowest BCUT2D eigenvalue weighted by molar-refractivity contribution is -0.137. The zero-order chi connectivity index (χ0) is 25.9. The topological polar surface area (TPSA) is 99.5 Å². The summed E-state index contributed by atoms with van der Waals surface area (Å²) in [6.45, 7) is 2.21. The minimum atomic E-state index is -0.844. The standard InChI is InChI=1S/C29H31N3O4S/c1-19(28(34)32-14-8-13-25(32)27(33)26(17-30)37-15-6-7-16-37)31-29(35)36-18-24-22-11-4-2-9-20(22)21-10-3-5-12-23(21)24/h2-5,9-12,19,24-25H,6-8,13-16,18H2,1H3,(H,31,35)/t19?,25-/m0/s1. The van der Waals surface area contributed by atoms with Crippen molar-refractivity contribution >= 4 is 33.1 Å². The number of amides is 2. The number of ketones is 1. The molecule has 2 saturated heterocycles. The highest BCUT2D eigenvalue weighted by Gasteiger charge is 2.38. The van der Waals surface area contributed by atoms with Crippen LogP contribution in [0.5, 0.6) is 0 Å². The van der Waals surface area contributed by atoms with Crippen LogP contribution < -0.4 is 5.32 Å². The first kappa shape index (κ1) is 25.2. The number of Topliss-reactive ketones (excluding diaryl/α,β-unsaturated/α-hetero) is 1. The molecule has 2 heterocycles. The normalized spacial score (nSPS) is 19.6. The first-order valence-electron chi connectivity index (χ1n) is 12.9. The average molecular weight is 518 g/mol. The number of hydrogen-bond acceptors (Lipinski definition) is 5. The van der Waals surface area contributed by atoms with E-state index in [1.807, 2.05) is 24.3 Å². The van der Waals surface area contributed by atoms with Crippen LogP contribution in [0.2, 0.25) is 0 Å². The molecular formula is C29H31N3O4S. The number of hydrogen-bond donors (Lipinski definition) is 1. The van der Waals surface area contributed by atoms with Gasteiger partial charge in [0.15, 0.2) is 0 Å². The summed E-state index contributed by atoms with van der Waals surface area (Å²) in [4.78, 5) is 41.0.